The molecule has 0 aliphatic rings. The number of nitrogens with one attached hydrogen (secondary N) is 1. The molecule has 0 atom stereocenters. The molecule has 0 heterocycles. The van der Waals surface area contributed by atoms with Gasteiger partial charge in [0.25, 0.3) is 0 Å². The van der Waals surface area contributed by atoms with Gasteiger partial charge in [0.2, 0.25) is 5.91 Å². The average Bonchev–Trinajstić information content (AvgIpc) is 2.25. The van der Waals surface area contributed by atoms with Gasteiger partial charge < -0.3 is 15.8 Å². The lowest BCUT2D eigenvalue weighted by Gasteiger charge is -2.07. The maximum absolute atomic E-state index is 10.4. The Morgan fingerprint density at radius 2 is 2.18 bits per heavy atom. The van der Waals surface area contributed by atoms with Crippen LogP contribution in [-0.4, -0.2) is 25.7 Å². The maximum atomic E-state index is 10.4. The lowest BCUT2D eigenvalue weighted by Crippen LogP contribution is -2.23. The fraction of sp³-hybridized carbons (Fsp3) is 0.364. The summed E-state index contributed by atoms with van der Waals surface area (Å²) in [6.45, 7) is 1.61. The fourth-order valence-electron chi connectivity index (χ4n) is 1.21. The van der Waals surface area contributed by atoms with Gasteiger partial charge >= 0.3 is 0 Å². The zero-order valence-electron chi connectivity index (χ0n) is 9.21. The quantitative estimate of drug-likeness (QED) is 0.744. The molecule has 0 aromatic heterocycles. The molecule has 0 aliphatic heterocycles. The summed E-state index contributed by atoms with van der Waals surface area (Å²) in [5, 5.41) is 4.37. The van der Waals surface area contributed by atoms with Crippen LogP contribution in [0.2, 0.25) is 10.0 Å². The standard InChI is InChI=1S/C11H14Cl2N2O2/c12-9-2-1-8(10(13)5-9)6-15-3-4-17-7-11(14)16/h1-2,5,15H,3-4,6-7H2,(H2,14,16). The molecule has 94 valence electrons. The van der Waals surface area contributed by atoms with Crippen LogP contribution in [0.15, 0.2) is 18.2 Å². The van der Waals surface area contributed by atoms with E-state index in [1.54, 1.807) is 12.1 Å². The van der Waals surface area contributed by atoms with E-state index in [2.05, 4.69) is 5.32 Å². The summed E-state index contributed by atoms with van der Waals surface area (Å²) in [5.41, 5.74) is 5.88. The van der Waals surface area contributed by atoms with Crippen molar-refractivity contribution in [1.29, 1.82) is 0 Å². The van der Waals surface area contributed by atoms with E-state index in [9.17, 15) is 4.79 Å². The van der Waals surface area contributed by atoms with Crippen molar-refractivity contribution in [1.82, 2.24) is 5.32 Å². The number of ether oxygens (including phenoxy) is 1. The van der Waals surface area contributed by atoms with Gasteiger partial charge in [-0.2, -0.15) is 0 Å². The molecule has 1 aromatic rings. The van der Waals surface area contributed by atoms with E-state index in [1.807, 2.05) is 6.07 Å². The summed E-state index contributed by atoms with van der Waals surface area (Å²) >= 11 is 11.8. The molecule has 0 radical (unpaired) electrons. The number of hydrogen-bond donors (Lipinski definition) is 2. The molecule has 0 saturated carbocycles. The van der Waals surface area contributed by atoms with Crippen molar-refractivity contribution in [2.75, 3.05) is 19.8 Å². The Hall–Kier alpha value is -0.810. The summed E-state index contributed by atoms with van der Waals surface area (Å²) in [6, 6.07) is 5.35. The van der Waals surface area contributed by atoms with Crippen molar-refractivity contribution in [2.24, 2.45) is 5.73 Å². The van der Waals surface area contributed by atoms with E-state index < -0.39 is 5.91 Å². The molecular formula is C11H14Cl2N2O2. The summed E-state index contributed by atoms with van der Waals surface area (Å²) in [6.07, 6.45) is 0. The number of carbonyl (C=O) groups excluding carboxylic acids is 1. The number of rotatable bonds is 7. The van der Waals surface area contributed by atoms with E-state index >= 15 is 0 Å². The highest BCUT2D eigenvalue weighted by atomic mass is 35.5. The Kier molecular flexibility index (Phi) is 6.29. The second kappa shape index (κ2) is 7.50. The van der Waals surface area contributed by atoms with Crippen LogP contribution in [0, 0.1) is 0 Å². The molecule has 6 heteroatoms. The highest BCUT2D eigenvalue weighted by molar-refractivity contribution is 6.35. The first-order valence-corrected chi connectivity index (χ1v) is 5.86. The zero-order valence-corrected chi connectivity index (χ0v) is 10.7. The molecule has 0 fully saturated rings. The Morgan fingerprint density at radius 3 is 2.82 bits per heavy atom. The third-order valence-corrected chi connectivity index (χ3v) is 2.59. The van der Waals surface area contributed by atoms with Gasteiger partial charge in [-0.15, -0.1) is 0 Å². The van der Waals surface area contributed by atoms with Crippen LogP contribution in [0.5, 0.6) is 0 Å². The van der Waals surface area contributed by atoms with Crippen molar-refractivity contribution in [3.8, 4) is 0 Å². The molecule has 0 saturated heterocycles. The monoisotopic (exact) mass is 276 g/mol. The van der Waals surface area contributed by atoms with Gasteiger partial charge in [-0.3, -0.25) is 4.79 Å². The van der Waals surface area contributed by atoms with Crippen molar-refractivity contribution in [2.45, 2.75) is 6.54 Å². The zero-order chi connectivity index (χ0) is 12.7. The second-order valence-corrected chi connectivity index (χ2v) is 4.28. The Labute approximate surface area is 110 Å². The predicted octanol–water partition coefficient (Wildman–Crippen LogP) is 1.58. The van der Waals surface area contributed by atoms with Crippen LogP contribution in [0.25, 0.3) is 0 Å². The first kappa shape index (κ1) is 14.3. The molecule has 17 heavy (non-hydrogen) atoms. The first-order valence-electron chi connectivity index (χ1n) is 5.10. The number of amides is 1. The number of primary amides is 1. The average molecular weight is 277 g/mol. The summed E-state index contributed by atoms with van der Waals surface area (Å²) in [4.78, 5) is 10.4. The van der Waals surface area contributed by atoms with Gasteiger partial charge in [0.05, 0.1) is 6.61 Å². The van der Waals surface area contributed by atoms with Crippen LogP contribution in [0.1, 0.15) is 5.56 Å². The lowest BCUT2D eigenvalue weighted by molar-refractivity contribution is -0.122. The highest BCUT2D eigenvalue weighted by Gasteiger charge is 2.00. The largest absolute Gasteiger partial charge is 0.370 e. The first-order chi connectivity index (χ1) is 8.09. The normalized spacial score (nSPS) is 10.5. The lowest BCUT2D eigenvalue weighted by atomic mass is 10.2. The summed E-state index contributed by atoms with van der Waals surface area (Å²) < 4.78 is 4.99. The Bertz CT molecular complexity index is 386. The van der Waals surface area contributed by atoms with Gasteiger partial charge in [0.1, 0.15) is 6.61 Å². The minimum atomic E-state index is -0.467. The van der Waals surface area contributed by atoms with Gasteiger partial charge in [-0.05, 0) is 17.7 Å². The van der Waals surface area contributed by atoms with E-state index in [1.165, 1.54) is 0 Å². The number of carbonyl (C=O) groups is 1. The van der Waals surface area contributed by atoms with E-state index in [4.69, 9.17) is 33.7 Å². The molecule has 0 bridgehead atoms. The molecular weight excluding hydrogens is 263 g/mol. The van der Waals surface area contributed by atoms with Gasteiger partial charge in [0.15, 0.2) is 0 Å². The topological polar surface area (TPSA) is 64.4 Å². The minimum Gasteiger partial charge on any atom is -0.370 e. The number of benzene rings is 1. The van der Waals surface area contributed by atoms with Gasteiger partial charge in [-0.1, -0.05) is 29.3 Å². The van der Waals surface area contributed by atoms with Crippen LogP contribution in [-0.2, 0) is 16.1 Å². The summed E-state index contributed by atoms with van der Waals surface area (Å²) in [7, 11) is 0. The van der Waals surface area contributed by atoms with Crippen LogP contribution in [0.3, 0.4) is 0 Å². The molecule has 1 aromatic carbocycles. The van der Waals surface area contributed by atoms with E-state index in [0.29, 0.717) is 29.7 Å². The van der Waals surface area contributed by atoms with Crippen molar-refractivity contribution in [3.05, 3.63) is 33.8 Å². The molecule has 4 nitrogen and oxygen atoms in total. The van der Waals surface area contributed by atoms with Crippen molar-refractivity contribution in [3.63, 3.8) is 0 Å². The molecule has 0 spiro atoms. The van der Waals surface area contributed by atoms with E-state index in [-0.39, 0.29) is 6.61 Å². The molecule has 1 amide bonds. The Balaban J connectivity index is 2.20. The van der Waals surface area contributed by atoms with Gasteiger partial charge in [-0.25, -0.2) is 0 Å². The van der Waals surface area contributed by atoms with Crippen LogP contribution in [0.4, 0.5) is 0 Å². The number of hydrogen-bond acceptors (Lipinski definition) is 3. The third-order valence-electron chi connectivity index (χ3n) is 2.00. The highest BCUT2D eigenvalue weighted by Crippen LogP contribution is 2.20. The number of halogens is 2. The smallest absolute Gasteiger partial charge is 0.243 e. The Morgan fingerprint density at radius 1 is 1.41 bits per heavy atom. The van der Waals surface area contributed by atoms with Crippen LogP contribution < -0.4 is 11.1 Å². The van der Waals surface area contributed by atoms with Crippen molar-refractivity contribution < 1.29 is 9.53 Å². The molecule has 3 N–H and O–H groups in total. The minimum absolute atomic E-state index is 0.0522. The molecule has 0 unspecified atom stereocenters. The third kappa shape index (κ3) is 5.89. The predicted molar refractivity (Wildman–Crippen MR) is 68.2 cm³/mol. The summed E-state index contributed by atoms with van der Waals surface area (Å²) in [5.74, 6) is -0.467. The maximum Gasteiger partial charge on any atom is 0.243 e. The molecule has 0 aliphatic carbocycles. The number of nitrogens with two attached hydrogens (primary N) is 1. The molecule has 1 rings (SSSR count). The van der Waals surface area contributed by atoms with E-state index in [0.717, 1.165) is 5.56 Å². The SMILES string of the molecule is NC(=O)COCCNCc1ccc(Cl)cc1Cl. The van der Waals surface area contributed by atoms with Crippen LogP contribution >= 0.6 is 23.2 Å². The second-order valence-electron chi connectivity index (χ2n) is 3.43. The van der Waals surface area contributed by atoms with Crippen molar-refractivity contribution >= 4 is 29.1 Å². The fourth-order valence-corrected chi connectivity index (χ4v) is 1.68. The van der Waals surface area contributed by atoms with Gasteiger partial charge in [0, 0.05) is 23.1 Å².